The molecule has 0 bridgehead atoms. The summed E-state index contributed by atoms with van der Waals surface area (Å²) in [6, 6.07) is 2.41. The smallest absolute Gasteiger partial charge is 0.460 e. The second-order valence-corrected chi connectivity index (χ2v) is 15.1. The molecule has 2 aromatic heterocycles. The third-order valence-corrected chi connectivity index (χ3v) is 9.57. The van der Waals surface area contributed by atoms with Crippen LogP contribution >= 0.6 is 24.4 Å². The van der Waals surface area contributed by atoms with E-state index in [1.54, 1.807) is 0 Å². The zero-order valence-electron chi connectivity index (χ0n) is 33.5. The number of ether oxygens (including phenoxy) is 2. The average Bonchev–Trinajstić information content (AvgIpc) is 3.82. The van der Waals surface area contributed by atoms with Crippen molar-refractivity contribution >= 4 is 41.4 Å². The first kappa shape index (κ1) is 65.3. The largest absolute Gasteiger partial charge is 0.487 e. The van der Waals surface area contributed by atoms with E-state index < -0.39 is 133 Å². The highest BCUT2D eigenvalue weighted by atomic mass is 32.1. The standard InChI is InChI=1S/C16H7F17N2OS.C15H9F17N2O2S/c17-9(18,4-36-5-1-2-6-7(3-5)35-8(37)34-6)10(19,20)11(21,22)12(23,24)13(25,26)14(27,28)15(29,30)16(31,32)33;16-8(17,4-36-6(35)2-1-5-3-33-7(37)34-5)9(18,19)10(20,21)11(22,23)12(24,25)13(26,27)14(28,29)15(30,31)32/h1-3H,4H2,(H2,34,35,37);3H,1-2,4H2,(H2,33,34,37). The lowest BCUT2D eigenvalue weighted by Crippen LogP contribution is -2.74. The monoisotopic (exact) mass is 1200 g/mol. The molecule has 7 nitrogen and oxygen atoms in total. The van der Waals surface area contributed by atoms with Crippen LogP contribution in [0.1, 0.15) is 12.1 Å². The number of esters is 1. The molecule has 3 rings (SSSR count). The predicted molar refractivity (Wildman–Crippen MR) is 176 cm³/mol. The lowest BCUT2D eigenvalue weighted by molar-refractivity contribution is -0.462. The second kappa shape index (κ2) is 19.4. The van der Waals surface area contributed by atoms with Crippen molar-refractivity contribution in [2.75, 3.05) is 13.2 Å². The molecule has 0 spiro atoms. The molecule has 74 heavy (non-hydrogen) atoms. The molecule has 428 valence electrons. The van der Waals surface area contributed by atoms with E-state index in [0.29, 0.717) is 6.07 Å². The van der Waals surface area contributed by atoms with Crippen molar-refractivity contribution in [3.8, 4) is 5.75 Å². The first-order valence-electron chi connectivity index (χ1n) is 17.5. The Hall–Kier alpha value is -4.77. The number of hydrogen-bond acceptors (Lipinski definition) is 5. The number of aromatic nitrogens is 4. The number of halogens is 34. The summed E-state index contributed by atoms with van der Waals surface area (Å²) in [4.78, 5) is 20.9. The summed E-state index contributed by atoms with van der Waals surface area (Å²) in [6.45, 7) is -6.29. The molecule has 1 aromatic carbocycles. The fourth-order valence-corrected chi connectivity index (χ4v) is 5.24. The third-order valence-electron chi connectivity index (χ3n) is 9.15. The summed E-state index contributed by atoms with van der Waals surface area (Å²) in [7, 11) is 0. The van der Waals surface area contributed by atoms with Gasteiger partial charge in [0.1, 0.15) is 5.75 Å². The van der Waals surface area contributed by atoms with Crippen molar-refractivity contribution in [2.45, 2.75) is 108 Å². The highest BCUT2D eigenvalue weighted by molar-refractivity contribution is 7.71. The molecule has 43 heteroatoms. The number of imidazole rings is 2. The van der Waals surface area contributed by atoms with Crippen molar-refractivity contribution in [1.29, 1.82) is 0 Å². The van der Waals surface area contributed by atoms with Gasteiger partial charge in [-0.3, -0.25) is 4.79 Å². The van der Waals surface area contributed by atoms with E-state index in [1.165, 1.54) is 0 Å². The fraction of sp³-hybridized carbons (Fsp3) is 0.645. The van der Waals surface area contributed by atoms with Crippen LogP contribution in [0.4, 0.5) is 149 Å². The Morgan fingerprint density at radius 1 is 0.419 bits per heavy atom. The van der Waals surface area contributed by atoms with Gasteiger partial charge in [0.15, 0.2) is 22.8 Å². The van der Waals surface area contributed by atoms with Crippen molar-refractivity contribution in [2.24, 2.45) is 0 Å². The van der Waals surface area contributed by atoms with Crippen LogP contribution in [-0.2, 0) is 16.0 Å². The van der Waals surface area contributed by atoms with E-state index in [2.05, 4.69) is 53.8 Å². The van der Waals surface area contributed by atoms with E-state index in [-0.39, 0.29) is 26.3 Å². The summed E-state index contributed by atoms with van der Waals surface area (Å²) < 4.78 is 456. The lowest BCUT2D eigenvalue weighted by Gasteiger charge is -2.42. The molecule has 0 radical (unpaired) electrons. The number of H-pyrrole nitrogens is 4. The molecular formula is C31H16F34N4O3S2. The molecule has 0 atom stereocenters. The van der Waals surface area contributed by atoms with Crippen LogP contribution in [0, 0.1) is 9.54 Å². The Bertz CT molecular complexity index is 2570. The summed E-state index contributed by atoms with van der Waals surface area (Å²) in [6.07, 6.45) is -16.0. The van der Waals surface area contributed by atoms with E-state index >= 15 is 0 Å². The van der Waals surface area contributed by atoms with Gasteiger partial charge in [0.2, 0.25) is 0 Å². The molecule has 0 amide bonds. The summed E-state index contributed by atoms with van der Waals surface area (Å²) >= 11 is 9.22. The maximum Gasteiger partial charge on any atom is 0.460 e. The SMILES string of the molecule is FC(F)(F)C(F)(F)C(F)(F)C(F)(F)C(F)(F)C(F)(F)C(F)(F)C(F)(F)COc1ccc2[nH]c(=S)[nH]c2c1.O=C(CCc1c[nH]c(=S)[nH]1)OCC(F)(F)C(F)(F)C(F)(F)C(F)(F)C(F)(F)C(F)(F)C(F)(F)C(F)(F)F. The molecule has 2 heterocycles. The first-order chi connectivity index (χ1) is 32.3. The highest BCUT2D eigenvalue weighted by Gasteiger charge is 2.97. The number of hydrogen-bond donors (Lipinski definition) is 4. The molecule has 0 aliphatic heterocycles. The second-order valence-electron chi connectivity index (χ2n) is 14.3. The van der Waals surface area contributed by atoms with Crippen molar-refractivity contribution < 1.29 is 164 Å². The van der Waals surface area contributed by atoms with Crippen LogP contribution in [0.25, 0.3) is 11.0 Å². The van der Waals surface area contributed by atoms with Gasteiger partial charge in [-0.05, 0) is 43.0 Å². The molecule has 0 fully saturated rings. The van der Waals surface area contributed by atoms with E-state index in [0.717, 1.165) is 18.3 Å². The number of carbonyl (C=O) groups excluding carboxylic acids is 1. The van der Waals surface area contributed by atoms with Gasteiger partial charge in [0.25, 0.3) is 0 Å². The summed E-state index contributed by atoms with van der Waals surface area (Å²) in [5, 5.41) is 0. The first-order valence-corrected chi connectivity index (χ1v) is 18.3. The van der Waals surface area contributed by atoms with Crippen LogP contribution in [-0.4, -0.2) is 134 Å². The van der Waals surface area contributed by atoms with E-state index in [9.17, 15) is 154 Å². The summed E-state index contributed by atoms with van der Waals surface area (Å²) in [5.74, 6) is -117. The number of carbonyl (C=O) groups is 1. The minimum absolute atomic E-state index is 0.0203. The minimum Gasteiger partial charge on any atom is -0.487 e. The molecule has 0 saturated heterocycles. The Morgan fingerprint density at radius 2 is 0.757 bits per heavy atom. The van der Waals surface area contributed by atoms with E-state index in [4.69, 9.17) is 0 Å². The topological polar surface area (TPSA) is 98.7 Å². The Morgan fingerprint density at radius 3 is 1.11 bits per heavy atom. The quantitative estimate of drug-likeness (QED) is 0.0513. The minimum atomic E-state index is -8.71. The van der Waals surface area contributed by atoms with Crippen LogP contribution in [0.3, 0.4) is 0 Å². The van der Waals surface area contributed by atoms with Crippen molar-refractivity contribution in [3.05, 3.63) is 39.6 Å². The molecule has 0 saturated carbocycles. The predicted octanol–water partition coefficient (Wildman–Crippen LogP) is 14.2. The summed E-state index contributed by atoms with van der Waals surface area (Å²) in [5.41, 5.74) is 0.158. The van der Waals surface area contributed by atoms with Gasteiger partial charge < -0.3 is 29.4 Å². The molecular weight excluding hydrogens is 1190 g/mol. The average molecular weight is 1200 g/mol. The lowest BCUT2D eigenvalue weighted by atomic mass is 9.89. The Balaban J connectivity index is 0.000000507. The normalized spacial score (nSPS) is 15.3. The number of aryl methyl sites for hydroxylation is 1. The van der Waals surface area contributed by atoms with Crippen LogP contribution in [0.15, 0.2) is 24.4 Å². The van der Waals surface area contributed by atoms with Crippen LogP contribution in [0.2, 0.25) is 0 Å². The van der Waals surface area contributed by atoms with Gasteiger partial charge in [-0.25, -0.2) is 0 Å². The Kier molecular flexibility index (Phi) is 17.1. The van der Waals surface area contributed by atoms with Gasteiger partial charge in [-0.15, -0.1) is 0 Å². The van der Waals surface area contributed by atoms with Crippen LogP contribution in [0.5, 0.6) is 5.75 Å². The highest BCUT2D eigenvalue weighted by Crippen LogP contribution is 2.66. The zero-order valence-corrected chi connectivity index (χ0v) is 35.2. The molecule has 4 N–H and O–H groups in total. The van der Waals surface area contributed by atoms with Crippen LogP contribution < -0.4 is 4.74 Å². The number of alkyl halides is 34. The van der Waals surface area contributed by atoms with Gasteiger partial charge in [-0.2, -0.15) is 149 Å². The Labute approximate surface area is 391 Å². The number of rotatable bonds is 20. The fourth-order valence-electron chi connectivity index (χ4n) is 4.83. The number of fused-ring (bicyclic) bond motifs is 1. The molecule has 0 aliphatic rings. The molecule has 3 aromatic rings. The van der Waals surface area contributed by atoms with Crippen molar-refractivity contribution in [1.82, 2.24) is 19.9 Å². The van der Waals surface area contributed by atoms with Gasteiger partial charge in [-0.1, -0.05) is 0 Å². The number of nitrogens with one attached hydrogen (secondary N) is 4. The zero-order chi connectivity index (χ0) is 58.9. The van der Waals surface area contributed by atoms with Gasteiger partial charge >= 0.3 is 101 Å². The van der Waals surface area contributed by atoms with E-state index in [1.807, 2.05) is 0 Å². The number of aromatic amines is 4. The maximum absolute atomic E-state index is 13.9. The molecule has 0 unspecified atom stereocenters. The van der Waals surface area contributed by atoms with Gasteiger partial charge in [0, 0.05) is 18.0 Å². The number of benzene rings is 1. The van der Waals surface area contributed by atoms with Gasteiger partial charge in [0.05, 0.1) is 17.5 Å². The molecule has 0 aliphatic carbocycles. The maximum atomic E-state index is 13.9. The van der Waals surface area contributed by atoms with Crippen molar-refractivity contribution in [3.63, 3.8) is 0 Å². The third kappa shape index (κ3) is 10.4.